The van der Waals surface area contributed by atoms with Gasteiger partial charge in [-0.15, -0.1) is 0 Å². The Morgan fingerprint density at radius 3 is 2.68 bits per heavy atom. The number of nitrogens with zero attached hydrogens (tertiary/aromatic N) is 2. The van der Waals surface area contributed by atoms with Gasteiger partial charge in [-0.25, -0.2) is 0 Å². The number of hydrogen-bond donors (Lipinski definition) is 1. The summed E-state index contributed by atoms with van der Waals surface area (Å²) in [5.41, 5.74) is 1.32. The molecule has 0 saturated carbocycles. The minimum atomic E-state index is -0.401. The Labute approximate surface area is 181 Å². The Balaban J connectivity index is 1.38. The largest absolute Gasteiger partial charge is 0.497 e. The highest BCUT2D eigenvalue weighted by Gasteiger charge is 2.47. The molecule has 2 heterocycles. The Morgan fingerprint density at radius 1 is 1.16 bits per heavy atom. The van der Waals surface area contributed by atoms with Gasteiger partial charge in [0.15, 0.2) is 0 Å². The third-order valence-corrected chi connectivity index (χ3v) is 6.34. The summed E-state index contributed by atoms with van der Waals surface area (Å²) >= 11 is 0. The molecular formula is C23H27N3O5. The zero-order chi connectivity index (χ0) is 21.8. The van der Waals surface area contributed by atoms with E-state index in [2.05, 4.69) is 5.32 Å². The molecule has 0 spiro atoms. The van der Waals surface area contributed by atoms with E-state index in [1.807, 2.05) is 29.2 Å². The molecule has 1 amide bonds. The lowest BCUT2D eigenvalue weighted by Crippen LogP contribution is -2.41. The number of benzene rings is 2. The number of nitrogens with one attached hydrogen (secondary N) is 1. The molecule has 4 rings (SSSR count). The van der Waals surface area contributed by atoms with Crippen LogP contribution in [-0.2, 0) is 11.4 Å². The number of hydrogen-bond acceptors (Lipinski definition) is 6. The molecule has 8 heteroatoms. The summed E-state index contributed by atoms with van der Waals surface area (Å²) in [6.07, 6.45) is 4.34. The standard InChI is InChI=1S/C23H27N3O5/c1-30-18-5-3-17(4-6-18)16-31-19-7-8-20(21(15-19)26(28)29)24-13-12-23-10-2-14-25(23)22(27)9-11-23/h3-8,15,24H,2,9-14,16H2,1H3. The van der Waals surface area contributed by atoms with Gasteiger partial charge in [0.05, 0.1) is 18.1 Å². The number of ether oxygens (including phenoxy) is 2. The lowest BCUT2D eigenvalue weighted by atomic mass is 9.90. The zero-order valence-corrected chi connectivity index (χ0v) is 17.6. The Morgan fingerprint density at radius 2 is 1.94 bits per heavy atom. The summed E-state index contributed by atoms with van der Waals surface area (Å²) in [6.45, 7) is 1.72. The summed E-state index contributed by atoms with van der Waals surface area (Å²) in [6, 6.07) is 12.3. The fraction of sp³-hybridized carbons (Fsp3) is 0.435. The van der Waals surface area contributed by atoms with Gasteiger partial charge in [-0.05, 0) is 55.5 Å². The van der Waals surface area contributed by atoms with E-state index in [0.29, 0.717) is 31.0 Å². The van der Waals surface area contributed by atoms with Gasteiger partial charge in [-0.2, -0.15) is 0 Å². The van der Waals surface area contributed by atoms with Crippen LogP contribution in [0.15, 0.2) is 42.5 Å². The average Bonchev–Trinajstić information content (AvgIpc) is 3.33. The van der Waals surface area contributed by atoms with Gasteiger partial charge >= 0.3 is 0 Å². The quantitative estimate of drug-likeness (QED) is 0.479. The van der Waals surface area contributed by atoms with Crippen LogP contribution in [-0.4, -0.2) is 41.5 Å². The van der Waals surface area contributed by atoms with E-state index in [4.69, 9.17) is 9.47 Å². The van der Waals surface area contributed by atoms with Gasteiger partial charge in [0, 0.05) is 25.0 Å². The third-order valence-electron chi connectivity index (χ3n) is 6.34. The molecule has 2 aromatic rings. The number of methoxy groups -OCH3 is 1. The van der Waals surface area contributed by atoms with Crippen LogP contribution in [0.25, 0.3) is 0 Å². The highest BCUT2D eigenvalue weighted by molar-refractivity contribution is 5.80. The van der Waals surface area contributed by atoms with Crippen molar-refractivity contribution in [2.24, 2.45) is 0 Å². The number of carbonyl (C=O) groups excluding carboxylic acids is 1. The number of amides is 1. The number of rotatable bonds is 9. The molecule has 1 unspecified atom stereocenters. The maximum absolute atomic E-state index is 12.1. The van der Waals surface area contributed by atoms with Gasteiger partial charge in [-0.3, -0.25) is 14.9 Å². The zero-order valence-electron chi connectivity index (χ0n) is 17.6. The fourth-order valence-electron chi connectivity index (χ4n) is 4.67. The molecule has 8 nitrogen and oxygen atoms in total. The van der Waals surface area contributed by atoms with Crippen LogP contribution in [0, 0.1) is 10.1 Å². The number of nitro benzene ring substituents is 1. The van der Waals surface area contributed by atoms with Crippen molar-refractivity contribution in [3.8, 4) is 11.5 Å². The van der Waals surface area contributed by atoms with Crippen molar-refractivity contribution in [2.45, 2.75) is 44.2 Å². The van der Waals surface area contributed by atoms with Gasteiger partial charge in [0.1, 0.15) is 23.8 Å². The van der Waals surface area contributed by atoms with Gasteiger partial charge < -0.3 is 19.7 Å². The predicted octanol–water partition coefficient (Wildman–Crippen LogP) is 4.14. The Kier molecular flexibility index (Phi) is 5.97. The average molecular weight is 425 g/mol. The summed E-state index contributed by atoms with van der Waals surface area (Å²) in [4.78, 5) is 25.3. The molecule has 1 atom stereocenters. The summed E-state index contributed by atoms with van der Waals surface area (Å²) in [5, 5.41) is 14.8. The second kappa shape index (κ2) is 8.83. The van der Waals surface area contributed by atoms with E-state index in [-0.39, 0.29) is 17.1 Å². The topological polar surface area (TPSA) is 93.9 Å². The smallest absolute Gasteiger partial charge is 0.296 e. The first-order chi connectivity index (χ1) is 15.0. The number of anilines is 1. The van der Waals surface area contributed by atoms with Gasteiger partial charge in [0.2, 0.25) is 5.91 Å². The molecule has 0 radical (unpaired) electrons. The van der Waals surface area contributed by atoms with Crippen molar-refractivity contribution in [3.05, 3.63) is 58.1 Å². The maximum Gasteiger partial charge on any atom is 0.296 e. The summed E-state index contributed by atoms with van der Waals surface area (Å²) < 4.78 is 10.9. The molecule has 31 heavy (non-hydrogen) atoms. The molecule has 0 bridgehead atoms. The van der Waals surface area contributed by atoms with Crippen LogP contribution >= 0.6 is 0 Å². The van der Waals surface area contributed by atoms with E-state index in [1.54, 1.807) is 19.2 Å². The van der Waals surface area contributed by atoms with E-state index >= 15 is 0 Å². The number of fused-ring (bicyclic) bond motifs is 1. The molecule has 2 aliphatic rings. The maximum atomic E-state index is 12.1. The predicted molar refractivity (Wildman–Crippen MR) is 116 cm³/mol. The molecule has 164 valence electrons. The van der Waals surface area contributed by atoms with Crippen LogP contribution in [0.2, 0.25) is 0 Å². The second-order valence-corrected chi connectivity index (χ2v) is 8.12. The van der Waals surface area contributed by atoms with Crippen molar-refractivity contribution in [1.29, 1.82) is 0 Å². The summed E-state index contributed by atoms with van der Waals surface area (Å²) in [5.74, 6) is 1.44. The van der Waals surface area contributed by atoms with Crippen LogP contribution in [0.3, 0.4) is 0 Å². The minimum absolute atomic E-state index is 0.0180. The normalized spacial score (nSPS) is 19.9. The molecule has 1 N–H and O–H groups in total. The van der Waals surface area contributed by atoms with E-state index in [9.17, 15) is 14.9 Å². The lowest BCUT2D eigenvalue weighted by Gasteiger charge is -2.32. The Hall–Kier alpha value is -3.29. The highest BCUT2D eigenvalue weighted by Crippen LogP contribution is 2.42. The van der Waals surface area contributed by atoms with Crippen LogP contribution in [0.1, 0.15) is 37.7 Å². The van der Waals surface area contributed by atoms with Gasteiger partial charge in [-0.1, -0.05) is 12.1 Å². The van der Waals surface area contributed by atoms with Crippen molar-refractivity contribution >= 4 is 17.3 Å². The van der Waals surface area contributed by atoms with E-state index < -0.39 is 4.92 Å². The first-order valence-corrected chi connectivity index (χ1v) is 10.6. The molecule has 0 aromatic heterocycles. The number of carbonyl (C=O) groups is 1. The van der Waals surface area contributed by atoms with E-state index in [0.717, 1.165) is 43.5 Å². The molecule has 0 aliphatic carbocycles. The first-order valence-electron chi connectivity index (χ1n) is 10.6. The molecule has 2 aromatic carbocycles. The fourth-order valence-corrected chi connectivity index (χ4v) is 4.67. The lowest BCUT2D eigenvalue weighted by molar-refractivity contribution is -0.384. The third kappa shape index (κ3) is 4.42. The van der Waals surface area contributed by atoms with Crippen LogP contribution in [0.4, 0.5) is 11.4 Å². The molecule has 2 saturated heterocycles. The monoisotopic (exact) mass is 425 g/mol. The SMILES string of the molecule is COc1ccc(COc2ccc(NCCC34CCCN3C(=O)CC4)c([N+](=O)[O-])c2)cc1. The highest BCUT2D eigenvalue weighted by atomic mass is 16.6. The second-order valence-electron chi connectivity index (χ2n) is 8.12. The first kappa shape index (κ1) is 21.0. The van der Waals surface area contributed by atoms with Gasteiger partial charge in [0.25, 0.3) is 5.69 Å². The number of nitro groups is 1. The minimum Gasteiger partial charge on any atom is -0.497 e. The Bertz CT molecular complexity index is 962. The summed E-state index contributed by atoms with van der Waals surface area (Å²) in [7, 11) is 1.61. The molecule has 2 aliphatic heterocycles. The van der Waals surface area contributed by atoms with Crippen molar-refractivity contribution in [3.63, 3.8) is 0 Å². The molecular weight excluding hydrogens is 398 g/mol. The van der Waals surface area contributed by atoms with Crippen LogP contribution in [0.5, 0.6) is 11.5 Å². The van der Waals surface area contributed by atoms with Crippen molar-refractivity contribution in [1.82, 2.24) is 4.90 Å². The van der Waals surface area contributed by atoms with Crippen molar-refractivity contribution in [2.75, 3.05) is 25.5 Å². The van der Waals surface area contributed by atoms with Crippen molar-refractivity contribution < 1.29 is 19.2 Å². The van der Waals surface area contributed by atoms with Crippen LogP contribution < -0.4 is 14.8 Å². The molecule has 2 fully saturated rings. The van der Waals surface area contributed by atoms with E-state index in [1.165, 1.54) is 6.07 Å².